The second-order valence-electron chi connectivity index (χ2n) is 4.00. The highest BCUT2D eigenvalue weighted by Crippen LogP contribution is 2.28. The fourth-order valence-electron chi connectivity index (χ4n) is 1.48. The molecule has 1 atom stereocenters. The van der Waals surface area contributed by atoms with Crippen LogP contribution in [0.3, 0.4) is 0 Å². The number of ether oxygens (including phenoxy) is 1. The third-order valence-corrected chi connectivity index (χ3v) is 2.64. The predicted octanol–water partition coefficient (Wildman–Crippen LogP) is 2.42. The summed E-state index contributed by atoms with van der Waals surface area (Å²) < 4.78 is 5.26. The minimum Gasteiger partial charge on any atom is -0.496 e. The van der Waals surface area contributed by atoms with Gasteiger partial charge in [-0.25, -0.2) is 0 Å². The molecule has 1 aromatic carbocycles. The van der Waals surface area contributed by atoms with Gasteiger partial charge in [0.2, 0.25) is 0 Å². The van der Waals surface area contributed by atoms with Crippen molar-refractivity contribution in [2.24, 2.45) is 5.41 Å². The van der Waals surface area contributed by atoms with Gasteiger partial charge in [-0.15, -0.1) is 6.58 Å². The molecule has 1 N–H and O–H groups in total. The molecule has 82 valence electrons. The standard InChI is InChI=1S/C13H18O2/c1-4-13(2,10-14)9-11-7-5-6-8-12(11)15-3/h4-8,14H,1,9-10H2,2-3H3. The second kappa shape index (κ2) is 4.99. The molecule has 0 aliphatic heterocycles. The van der Waals surface area contributed by atoms with Gasteiger partial charge in [0.1, 0.15) is 5.75 Å². The smallest absolute Gasteiger partial charge is 0.122 e. The average molecular weight is 206 g/mol. The summed E-state index contributed by atoms with van der Waals surface area (Å²) in [6.45, 7) is 5.82. The van der Waals surface area contributed by atoms with Crippen LogP contribution in [0.2, 0.25) is 0 Å². The number of para-hydroxylation sites is 1. The summed E-state index contributed by atoms with van der Waals surface area (Å²) in [4.78, 5) is 0. The average Bonchev–Trinajstić information content (AvgIpc) is 2.29. The van der Waals surface area contributed by atoms with E-state index in [1.165, 1.54) is 0 Å². The van der Waals surface area contributed by atoms with Crippen LogP contribution in [-0.4, -0.2) is 18.8 Å². The Bertz CT molecular complexity index is 333. The maximum Gasteiger partial charge on any atom is 0.122 e. The minimum absolute atomic E-state index is 0.0918. The van der Waals surface area contributed by atoms with E-state index in [0.717, 1.165) is 17.7 Å². The number of hydrogen-bond acceptors (Lipinski definition) is 2. The van der Waals surface area contributed by atoms with Crippen molar-refractivity contribution in [1.29, 1.82) is 0 Å². The first-order chi connectivity index (χ1) is 7.15. The highest BCUT2D eigenvalue weighted by atomic mass is 16.5. The Morgan fingerprint density at radius 3 is 2.67 bits per heavy atom. The van der Waals surface area contributed by atoms with Crippen LogP contribution in [0, 0.1) is 5.41 Å². The van der Waals surface area contributed by atoms with E-state index in [0.29, 0.717) is 0 Å². The van der Waals surface area contributed by atoms with Crippen LogP contribution in [0.15, 0.2) is 36.9 Å². The molecule has 0 bridgehead atoms. The van der Waals surface area contributed by atoms with Gasteiger partial charge < -0.3 is 9.84 Å². The van der Waals surface area contributed by atoms with Crippen molar-refractivity contribution in [3.05, 3.63) is 42.5 Å². The Labute approximate surface area is 91.2 Å². The molecule has 1 aromatic rings. The third-order valence-electron chi connectivity index (χ3n) is 2.64. The largest absolute Gasteiger partial charge is 0.496 e. The van der Waals surface area contributed by atoms with Crippen molar-refractivity contribution in [1.82, 2.24) is 0 Å². The van der Waals surface area contributed by atoms with Crippen molar-refractivity contribution >= 4 is 0 Å². The van der Waals surface area contributed by atoms with Crippen molar-refractivity contribution in [2.45, 2.75) is 13.3 Å². The number of hydrogen-bond donors (Lipinski definition) is 1. The summed E-state index contributed by atoms with van der Waals surface area (Å²) in [6.07, 6.45) is 2.52. The number of benzene rings is 1. The van der Waals surface area contributed by atoms with Gasteiger partial charge in [-0.2, -0.15) is 0 Å². The summed E-state index contributed by atoms with van der Waals surface area (Å²) in [5.74, 6) is 0.860. The molecular formula is C13H18O2. The quantitative estimate of drug-likeness (QED) is 0.750. The van der Waals surface area contributed by atoms with Crippen molar-refractivity contribution in [2.75, 3.05) is 13.7 Å². The van der Waals surface area contributed by atoms with Gasteiger partial charge in [-0.05, 0) is 18.1 Å². The number of methoxy groups -OCH3 is 1. The number of rotatable bonds is 5. The number of aliphatic hydroxyl groups is 1. The molecule has 0 radical (unpaired) electrons. The molecule has 2 heteroatoms. The molecular weight excluding hydrogens is 188 g/mol. The van der Waals surface area contributed by atoms with Crippen LogP contribution in [-0.2, 0) is 6.42 Å². The first-order valence-corrected chi connectivity index (χ1v) is 5.01. The van der Waals surface area contributed by atoms with Crippen molar-refractivity contribution < 1.29 is 9.84 Å². The van der Waals surface area contributed by atoms with E-state index in [-0.39, 0.29) is 12.0 Å². The lowest BCUT2D eigenvalue weighted by molar-refractivity contribution is 0.183. The minimum atomic E-state index is -0.283. The Balaban J connectivity index is 2.92. The summed E-state index contributed by atoms with van der Waals surface area (Å²) >= 11 is 0. The summed E-state index contributed by atoms with van der Waals surface area (Å²) in [6, 6.07) is 7.84. The molecule has 0 saturated heterocycles. The van der Waals surface area contributed by atoms with Gasteiger partial charge in [0.15, 0.2) is 0 Å². The molecule has 2 nitrogen and oxygen atoms in total. The lowest BCUT2D eigenvalue weighted by Crippen LogP contribution is -2.21. The van der Waals surface area contributed by atoms with Gasteiger partial charge in [0.25, 0.3) is 0 Å². The molecule has 0 fully saturated rings. The zero-order valence-electron chi connectivity index (χ0n) is 9.36. The third kappa shape index (κ3) is 2.83. The van der Waals surface area contributed by atoms with E-state index in [9.17, 15) is 5.11 Å². The SMILES string of the molecule is C=CC(C)(CO)Cc1ccccc1OC. The van der Waals surface area contributed by atoms with Crippen LogP contribution >= 0.6 is 0 Å². The monoisotopic (exact) mass is 206 g/mol. The van der Waals surface area contributed by atoms with Crippen molar-refractivity contribution in [3.8, 4) is 5.75 Å². The van der Waals surface area contributed by atoms with Gasteiger partial charge in [0.05, 0.1) is 13.7 Å². The van der Waals surface area contributed by atoms with Crippen LogP contribution < -0.4 is 4.74 Å². The zero-order valence-corrected chi connectivity index (χ0v) is 9.36. The van der Waals surface area contributed by atoms with Gasteiger partial charge >= 0.3 is 0 Å². The highest BCUT2D eigenvalue weighted by molar-refractivity contribution is 5.34. The molecule has 1 rings (SSSR count). The van der Waals surface area contributed by atoms with Crippen molar-refractivity contribution in [3.63, 3.8) is 0 Å². The number of aliphatic hydroxyl groups excluding tert-OH is 1. The summed E-state index contributed by atoms with van der Waals surface area (Å²) in [5.41, 5.74) is 0.811. The van der Waals surface area contributed by atoms with Gasteiger partial charge in [0, 0.05) is 5.41 Å². The van der Waals surface area contributed by atoms with Crippen LogP contribution in [0.4, 0.5) is 0 Å². The lowest BCUT2D eigenvalue weighted by Gasteiger charge is -2.23. The van der Waals surface area contributed by atoms with E-state index < -0.39 is 0 Å². The Hall–Kier alpha value is -1.28. The lowest BCUT2D eigenvalue weighted by atomic mass is 9.84. The normalized spacial score (nSPS) is 14.3. The van der Waals surface area contributed by atoms with Gasteiger partial charge in [-0.3, -0.25) is 0 Å². The maximum absolute atomic E-state index is 9.30. The van der Waals surface area contributed by atoms with E-state index in [1.54, 1.807) is 13.2 Å². The van der Waals surface area contributed by atoms with E-state index in [2.05, 4.69) is 6.58 Å². The van der Waals surface area contributed by atoms with Crippen LogP contribution in [0.5, 0.6) is 5.75 Å². The molecule has 0 spiro atoms. The van der Waals surface area contributed by atoms with Gasteiger partial charge in [-0.1, -0.05) is 31.2 Å². The molecule has 15 heavy (non-hydrogen) atoms. The Morgan fingerprint density at radius 1 is 1.47 bits per heavy atom. The summed E-state index contributed by atoms with van der Waals surface area (Å²) in [5, 5.41) is 9.30. The fourth-order valence-corrected chi connectivity index (χ4v) is 1.48. The molecule has 0 heterocycles. The second-order valence-corrected chi connectivity index (χ2v) is 4.00. The molecule has 0 aromatic heterocycles. The molecule has 1 unspecified atom stereocenters. The van der Waals surface area contributed by atoms with E-state index in [1.807, 2.05) is 31.2 Å². The van der Waals surface area contributed by atoms with Crippen LogP contribution in [0.25, 0.3) is 0 Å². The zero-order chi connectivity index (χ0) is 11.3. The molecule has 0 saturated carbocycles. The Morgan fingerprint density at radius 2 is 2.13 bits per heavy atom. The highest BCUT2D eigenvalue weighted by Gasteiger charge is 2.21. The first kappa shape index (κ1) is 11.8. The fraction of sp³-hybridized carbons (Fsp3) is 0.385. The topological polar surface area (TPSA) is 29.5 Å². The summed E-state index contributed by atoms with van der Waals surface area (Å²) in [7, 11) is 1.66. The van der Waals surface area contributed by atoms with E-state index >= 15 is 0 Å². The predicted molar refractivity (Wildman–Crippen MR) is 62.1 cm³/mol. The first-order valence-electron chi connectivity index (χ1n) is 5.01. The molecule has 0 aliphatic rings. The molecule has 0 aliphatic carbocycles. The maximum atomic E-state index is 9.30. The van der Waals surface area contributed by atoms with Crippen LogP contribution in [0.1, 0.15) is 12.5 Å². The Kier molecular flexibility index (Phi) is 3.92. The van der Waals surface area contributed by atoms with E-state index in [4.69, 9.17) is 4.74 Å². The molecule has 0 amide bonds.